The van der Waals surface area contributed by atoms with Crippen molar-refractivity contribution in [3.63, 3.8) is 0 Å². The number of hydrogen-bond donors (Lipinski definition) is 0. The molecule has 16 heavy (non-hydrogen) atoms. The first-order valence-electron chi connectivity index (χ1n) is 4.16. The monoisotopic (exact) mass is 274 g/mol. The summed E-state index contributed by atoms with van der Waals surface area (Å²) < 4.78 is 88.8. The third kappa shape index (κ3) is 1.48. The van der Waals surface area contributed by atoms with Gasteiger partial charge < -0.3 is 0 Å². The first-order valence-corrected chi connectivity index (χ1v) is 6.41. The first-order chi connectivity index (χ1) is 6.71. The van der Waals surface area contributed by atoms with Crippen LogP contribution in [-0.4, -0.2) is 48.2 Å². The Morgan fingerprint density at radius 2 is 1.62 bits per heavy atom. The molecule has 1 aliphatic heterocycles. The van der Waals surface area contributed by atoms with Crippen molar-refractivity contribution in [1.82, 2.24) is 4.90 Å². The van der Waals surface area contributed by atoms with E-state index in [1.807, 2.05) is 0 Å². The summed E-state index contributed by atoms with van der Waals surface area (Å²) in [5.74, 6) is -6.85. The van der Waals surface area contributed by atoms with Gasteiger partial charge in [0.1, 0.15) is 0 Å². The molecule has 0 atom stereocenters. The molecule has 0 aromatic carbocycles. The van der Waals surface area contributed by atoms with Crippen LogP contribution in [0.1, 0.15) is 0 Å². The Balaban J connectivity index is 3.57. The molecule has 0 amide bonds. The normalized spacial score (nSPS) is 23.4. The number of likely N-dealkylation sites (N-methyl/N-ethyl adjacent to an activating group) is 2. The molecule has 1 rings (SSSR count). The molecule has 0 aromatic heterocycles. The predicted octanol–water partition coefficient (Wildman–Crippen LogP) is 3.08. The third-order valence-electron chi connectivity index (χ3n) is 2.37. The van der Waals surface area contributed by atoms with Gasteiger partial charge in [-0.15, -0.1) is 0 Å². The Kier molecular flexibility index (Phi) is 2.21. The molecule has 0 unspecified atom stereocenters. The Labute approximate surface area is 86.3 Å². The molecule has 0 saturated heterocycles. The minimum absolute atomic E-state index is 0.253. The van der Waals surface area contributed by atoms with E-state index in [9.17, 15) is 30.0 Å². The van der Waals surface area contributed by atoms with Gasteiger partial charge in [0.05, 0.1) is 0 Å². The molecule has 0 bridgehead atoms. The standard InChI is InChI=1S/C6H10F7N2P/c1-14-3-4-15(2)5(14)16(10,11,12,13)6(7,8)9/h3-4H2,1-2H3. The van der Waals surface area contributed by atoms with E-state index < -0.39 is 18.7 Å². The van der Waals surface area contributed by atoms with Gasteiger partial charge in [-0.25, -0.2) is 0 Å². The van der Waals surface area contributed by atoms with Crippen molar-refractivity contribution in [2.75, 3.05) is 27.2 Å². The fourth-order valence-corrected chi connectivity index (χ4v) is 3.39. The molecule has 0 spiro atoms. The van der Waals surface area contributed by atoms with Gasteiger partial charge in [0.25, 0.3) is 0 Å². The number of hydrogen-bond acceptors (Lipinski definition) is 1. The van der Waals surface area contributed by atoms with E-state index in [1.54, 1.807) is 0 Å². The summed E-state index contributed by atoms with van der Waals surface area (Å²) >= 11 is 0. The van der Waals surface area contributed by atoms with Gasteiger partial charge in [0, 0.05) is 0 Å². The van der Waals surface area contributed by atoms with Crippen molar-refractivity contribution in [2.24, 2.45) is 0 Å². The van der Waals surface area contributed by atoms with E-state index in [0.717, 1.165) is 14.1 Å². The SMILES string of the molecule is CN1CC[N+](C)=C1[P-](F)(F)(F)(F)C(F)(F)F. The van der Waals surface area contributed by atoms with Gasteiger partial charge in [-0.1, -0.05) is 0 Å². The zero-order chi connectivity index (χ0) is 13.1. The predicted molar refractivity (Wildman–Crippen MR) is 46.1 cm³/mol. The quantitative estimate of drug-likeness (QED) is 0.404. The zero-order valence-corrected chi connectivity index (χ0v) is 9.30. The molecule has 0 aliphatic carbocycles. The van der Waals surface area contributed by atoms with Gasteiger partial charge in [-0.2, -0.15) is 0 Å². The molecule has 1 aliphatic rings. The summed E-state index contributed by atoms with van der Waals surface area (Å²) in [7, 11) is -8.93. The van der Waals surface area contributed by atoms with E-state index in [2.05, 4.69) is 0 Å². The van der Waals surface area contributed by atoms with Crippen molar-refractivity contribution in [1.29, 1.82) is 0 Å². The molecule has 2 nitrogen and oxygen atoms in total. The summed E-state index contributed by atoms with van der Waals surface area (Å²) in [6, 6.07) is 0. The average Bonchev–Trinajstić information content (AvgIpc) is 2.26. The topological polar surface area (TPSA) is 6.25 Å². The van der Waals surface area contributed by atoms with Crippen LogP contribution in [0.3, 0.4) is 0 Å². The maximum atomic E-state index is 13.1. The molecule has 1 heterocycles. The number of alkyl halides is 3. The van der Waals surface area contributed by atoms with Crippen molar-refractivity contribution in [2.45, 2.75) is 5.92 Å². The second kappa shape index (κ2) is 2.63. The van der Waals surface area contributed by atoms with Crippen LogP contribution in [0.25, 0.3) is 0 Å². The summed E-state index contributed by atoms with van der Waals surface area (Å²) in [5.41, 5.74) is -2.21. The van der Waals surface area contributed by atoms with E-state index in [0.29, 0.717) is 0 Å². The Morgan fingerprint density at radius 1 is 1.19 bits per heavy atom. The van der Waals surface area contributed by atoms with Gasteiger partial charge in [0.2, 0.25) is 0 Å². The van der Waals surface area contributed by atoms with Crippen LogP contribution in [0.2, 0.25) is 0 Å². The Morgan fingerprint density at radius 3 is 1.88 bits per heavy atom. The summed E-state index contributed by atoms with van der Waals surface area (Å²) in [5, 5.41) is 0. The Bertz CT molecular complexity index is 363. The average molecular weight is 274 g/mol. The Hall–Kier alpha value is -0.590. The number of halogens is 7. The molecule has 0 fully saturated rings. The summed E-state index contributed by atoms with van der Waals surface area (Å²) in [6.45, 7) is -0.595. The van der Waals surface area contributed by atoms with Gasteiger partial charge in [0.15, 0.2) is 0 Å². The number of rotatable bonds is 1. The van der Waals surface area contributed by atoms with Crippen molar-refractivity contribution in [3.8, 4) is 0 Å². The molecular formula is C6H10F7N2P. The van der Waals surface area contributed by atoms with E-state index in [1.165, 1.54) is 0 Å². The van der Waals surface area contributed by atoms with Gasteiger partial charge in [-0.05, 0) is 0 Å². The van der Waals surface area contributed by atoms with Crippen LogP contribution < -0.4 is 0 Å². The van der Waals surface area contributed by atoms with Crippen LogP contribution in [0, 0.1) is 0 Å². The second-order valence-electron chi connectivity index (χ2n) is 3.78. The van der Waals surface area contributed by atoms with Gasteiger partial charge >= 0.3 is 85.3 Å². The number of amidine groups is 1. The molecule has 10 heteroatoms. The third-order valence-corrected chi connectivity index (χ3v) is 4.87. The van der Waals surface area contributed by atoms with Crippen LogP contribution in [0.5, 0.6) is 0 Å². The van der Waals surface area contributed by atoms with Crippen LogP contribution >= 0.6 is 7.19 Å². The van der Waals surface area contributed by atoms with E-state index >= 15 is 0 Å². The summed E-state index contributed by atoms with van der Waals surface area (Å²) in [6.07, 6.45) is 0. The maximum absolute atomic E-state index is 13.1. The summed E-state index contributed by atoms with van der Waals surface area (Å²) in [4.78, 5) is 0.253. The minimum atomic E-state index is -10.5. The molecule has 0 aromatic rings. The first kappa shape index (κ1) is 13.5. The van der Waals surface area contributed by atoms with Gasteiger partial charge in [-0.3, -0.25) is 0 Å². The number of nitrogens with zero attached hydrogens (tertiary/aromatic N) is 2. The van der Waals surface area contributed by atoms with Crippen LogP contribution in [0.4, 0.5) is 30.0 Å². The van der Waals surface area contributed by atoms with Crippen molar-refractivity contribution >= 4 is 12.8 Å². The molecule has 0 N–H and O–H groups in total. The van der Waals surface area contributed by atoms with Crippen molar-refractivity contribution < 1.29 is 34.5 Å². The molecule has 0 radical (unpaired) electrons. The van der Waals surface area contributed by atoms with Crippen LogP contribution in [-0.2, 0) is 0 Å². The molecule has 0 saturated carbocycles. The molecular weight excluding hydrogens is 264 g/mol. The van der Waals surface area contributed by atoms with Crippen molar-refractivity contribution in [3.05, 3.63) is 0 Å². The van der Waals surface area contributed by atoms with Crippen LogP contribution in [0.15, 0.2) is 0 Å². The fraction of sp³-hybridized carbons (Fsp3) is 0.833. The van der Waals surface area contributed by atoms with E-state index in [-0.39, 0.29) is 22.6 Å². The molecule has 98 valence electrons. The zero-order valence-electron chi connectivity index (χ0n) is 8.40. The van der Waals surface area contributed by atoms with E-state index in [4.69, 9.17) is 0 Å². The fourth-order valence-electron chi connectivity index (χ4n) is 1.59. The second-order valence-corrected chi connectivity index (χ2v) is 7.03.